The SMILES string of the molecule is Cc1ccc([N+](=O)[O-])c(Oc2ccc(C(=O)O)nn2)c1. The molecule has 0 aliphatic rings. The number of aromatic nitrogens is 2. The second-order valence-corrected chi connectivity index (χ2v) is 3.89. The number of aromatic carboxylic acids is 1. The molecule has 1 aromatic heterocycles. The molecule has 0 radical (unpaired) electrons. The Morgan fingerprint density at radius 2 is 2.05 bits per heavy atom. The Morgan fingerprint density at radius 1 is 1.30 bits per heavy atom. The van der Waals surface area contributed by atoms with E-state index in [0.717, 1.165) is 5.56 Å². The van der Waals surface area contributed by atoms with Crippen molar-refractivity contribution < 1.29 is 19.6 Å². The van der Waals surface area contributed by atoms with Crippen molar-refractivity contribution in [2.45, 2.75) is 6.92 Å². The van der Waals surface area contributed by atoms with Gasteiger partial charge in [-0.25, -0.2) is 4.79 Å². The highest BCUT2D eigenvalue weighted by molar-refractivity contribution is 5.84. The first-order valence-electron chi connectivity index (χ1n) is 5.47. The quantitative estimate of drug-likeness (QED) is 0.671. The molecule has 8 nitrogen and oxygen atoms in total. The third kappa shape index (κ3) is 2.86. The number of hydrogen-bond acceptors (Lipinski definition) is 6. The summed E-state index contributed by atoms with van der Waals surface area (Å²) in [5.41, 5.74) is 0.330. The summed E-state index contributed by atoms with van der Waals surface area (Å²) in [5.74, 6) is -1.22. The minimum Gasteiger partial charge on any atom is -0.476 e. The van der Waals surface area contributed by atoms with Gasteiger partial charge in [-0.3, -0.25) is 10.1 Å². The number of carboxylic acid groups (broad SMARTS) is 1. The predicted octanol–water partition coefficient (Wildman–Crippen LogP) is 2.18. The van der Waals surface area contributed by atoms with Gasteiger partial charge < -0.3 is 9.84 Å². The summed E-state index contributed by atoms with van der Waals surface area (Å²) in [4.78, 5) is 20.9. The van der Waals surface area contributed by atoms with E-state index in [9.17, 15) is 14.9 Å². The van der Waals surface area contributed by atoms with E-state index in [1.807, 2.05) is 0 Å². The molecule has 20 heavy (non-hydrogen) atoms. The molecule has 1 aromatic carbocycles. The lowest BCUT2D eigenvalue weighted by molar-refractivity contribution is -0.385. The van der Waals surface area contributed by atoms with Gasteiger partial charge in [0, 0.05) is 12.1 Å². The molecular formula is C12H9N3O5. The van der Waals surface area contributed by atoms with Gasteiger partial charge in [-0.05, 0) is 24.6 Å². The van der Waals surface area contributed by atoms with Crippen molar-refractivity contribution in [3.63, 3.8) is 0 Å². The van der Waals surface area contributed by atoms with E-state index in [-0.39, 0.29) is 23.0 Å². The molecular weight excluding hydrogens is 266 g/mol. The number of ether oxygens (including phenoxy) is 1. The summed E-state index contributed by atoms with van der Waals surface area (Å²) in [7, 11) is 0. The molecule has 2 aromatic rings. The van der Waals surface area contributed by atoms with Crippen LogP contribution >= 0.6 is 0 Å². The van der Waals surface area contributed by atoms with Crippen LogP contribution in [-0.2, 0) is 0 Å². The van der Waals surface area contributed by atoms with Gasteiger partial charge in [-0.2, -0.15) is 0 Å². The molecule has 1 N–H and O–H groups in total. The number of rotatable bonds is 4. The molecule has 0 fully saturated rings. The standard InChI is InChI=1S/C12H9N3O5/c1-7-2-4-9(15(18)19)10(6-7)20-11-5-3-8(12(16)17)13-14-11/h2-6H,1H3,(H,16,17). The first-order valence-corrected chi connectivity index (χ1v) is 5.47. The van der Waals surface area contributed by atoms with E-state index < -0.39 is 10.9 Å². The zero-order chi connectivity index (χ0) is 14.7. The fourth-order valence-electron chi connectivity index (χ4n) is 1.46. The Morgan fingerprint density at radius 3 is 2.60 bits per heavy atom. The van der Waals surface area contributed by atoms with E-state index in [1.165, 1.54) is 24.3 Å². The Bertz CT molecular complexity index is 669. The van der Waals surface area contributed by atoms with Crippen molar-refractivity contribution in [3.05, 3.63) is 51.7 Å². The summed E-state index contributed by atoms with van der Waals surface area (Å²) in [6.07, 6.45) is 0. The molecule has 102 valence electrons. The maximum absolute atomic E-state index is 10.9. The summed E-state index contributed by atoms with van der Waals surface area (Å²) < 4.78 is 5.28. The van der Waals surface area contributed by atoms with E-state index in [1.54, 1.807) is 13.0 Å². The average molecular weight is 275 g/mol. The summed E-state index contributed by atoms with van der Waals surface area (Å²) in [6.45, 7) is 1.76. The Kier molecular flexibility index (Phi) is 3.56. The van der Waals surface area contributed by atoms with Crippen LogP contribution in [0.5, 0.6) is 11.6 Å². The van der Waals surface area contributed by atoms with E-state index in [2.05, 4.69) is 10.2 Å². The minimum absolute atomic E-state index is 0.0207. The van der Waals surface area contributed by atoms with Crippen LogP contribution in [0.2, 0.25) is 0 Å². The Labute approximate surface area is 112 Å². The topological polar surface area (TPSA) is 115 Å². The molecule has 2 rings (SSSR count). The van der Waals surface area contributed by atoms with Gasteiger partial charge in [0.1, 0.15) is 0 Å². The van der Waals surface area contributed by atoms with Crippen molar-refractivity contribution in [2.75, 3.05) is 0 Å². The number of benzene rings is 1. The zero-order valence-electron chi connectivity index (χ0n) is 10.3. The Balaban J connectivity index is 2.31. The van der Waals surface area contributed by atoms with Gasteiger partial charge >= 0.3 is 11.7 Å². The molecule has 0 aliphatic heterocycles. The zero-order valence-corrected chi connectivity index (χ0v) is 10.3. The molecule has 0 bridgehead atoms. The molecule has 0 saturated heterocycles. The average Bonchev–Trinajstić information content (AvgIpc) is 2.39. The van der Waals surface area contributed by atoms with Crippen molar-refractivity contribution >= 4 is 11.7 Å². The van der Waals surface area contributed by atoms with E-state index in [0.29, 0.717) is 0 Å². The van der Waals surface area contributed by atoms with Crippen LogP contribution < -0.4 is 4.74 Å². The number of nitrogens with zero attached hydrogens (tertiary/aromatic N) is 3. The normalized spacial score (nSPS) is 10.1. The first-order chi connectivity index (χ1) is 9.47. The maximum atomic E-state index is 10.9. The van der Waals surface area contributed by atoms with Crippen LogP contribution in [0.25, 0.3) is 0 Å². The molecule has 0 aliphatic carbocycles. The van der Waals surface area contributed by atoms with E-state index in [4.69, 9.17) is 9.84 Å². The molecule has 0 amide bonds. The third-order valence-electron chi connectivity index (χ3n) is 2.39. The largest absolute Gasteiger partial charge is 0.476 e. The molecule has 0 unspecified atom stereocenters. The van der Waals surface area contributed by atoms with Gasteiger partial charge in [-0.1, -0.05) is 6.07 Å². The lowest BCUT2D eigenvalue weighted by Gasteiger charge is -2.05. The molecule has 0 atom stereocenters. The number of nitro groups is 1. The van der Waals surface area contributed by atoms with Crippen molar-refractivity contribution in [1.82, 2.24) is 10.2 Å². The maximum Gasteiger partial charge on any atom is 0.356 e. The van der Waals surface area contributed by atoms with Gasteiger partial charge in [0.05, 0.1) is 4.92 Å². The molecule has 1 heterocycles. The third-order valence-corrected chi connectivity index (χ3v) is 2.39. The number of hydrogen-bond donors (Lipinski definition) is 1. The summed E-state index contributed by atoms with van der Waals surface area (Å²) in [6, 6.07) is 6.88. The first kappa shape index (κ1) is 13.4. The highest BCUT2D eigenvalue weighted by Crippen LogP contribution is 2.31. The van der Waals surface area contributed by atoms with Gasteiger partial charge in [-0.15, -0.1) is 10.2 Å². The molecule has 8 heteroatoms. The fraction of sp³-hybridized carbons (Fsp3) is 0.0833. The van der Waals surface area contributed by atoms with Crippen LogP contribution in [-0.4, -0.2) is 26.2 Å². The number of nitro benzene ring substituents is 1. The van der Waals surface area contributed by atoms with Crippen LogP contribution in [0, 0.1) is 17.0 Å². The van der Waals surface area contributed by atoms with Crippen molar-refractivity contribution in [1.29, 1.82) is 0 Å². The highest BCUT2D eigenvalue weighted by atomic mass is 16.6. The fourth-order valence-corrected chi connectivity index (χ4v) is 1.46. The molecule has 0 spiro atoms. The van der Waals surface area contributed by atoms with E-state index >= 15 is 0 Å². The predicted molar refractivity (Wildman–Crippen MR) is 66.9 cm³/mol. The van der Waals surface area contributed by atoms with Crippen LogP contribution in [0.3, 0.4) is 0 Å². The number of aryl methyl sites for hydroxylation is 1. The molecule has 0 saturated carbocycles. The lowest BCUT2D eigenvalue weighted by Crippen LogP contribution is -2.02. The number of carboxylic acids is 1. The van der Waals surface area contributed by atoms with Crippen LogP contribution in [0.15, 0.2) is 30.3 Å². The smallest absolute Gasteiger partial charge is 0.356 e. The van der Waals surface area contributed by atoms with Crippen LogP contribution in [0.4, 0.5) is 5.69 Å². The van der Waals surface area contributed by atoms with Gasteiger partial charge in [0.15, 0.2) is 5.69 Å². The minimum atomic E-state index is -1.22. The van der Waals surface area contributed by atoms with Gasteiger partial charge in [0.25, 0.3) is 0 Å². The lowest BCUT2D eigenvalue weighted by atomic mass is 10.2. The second kappa shape index (κ2) is 5.31. The van der Waals surface area contributed by atoms with Crippen LogP contribution in [0.1, 0.15) is 16.1 Å². The van der Waals surface area contributed by atoms with Crippen molar-refractivity contribution in [3.8, 4) is 11.6 Å². The second-order valence-electron chi connectivity index (χ2n) is 3.89. The summed E-state index contributed by atoms with van der Waals surface area (Å²) >= 11 is 0. The Hall–Kier alpha value is -3.03. The number of carbonyl (C=O) groups is 1. The van der Waals surface area contributed by atoms with Crippen molar-refractivity contribution in [2.24, 2.45) is 0 Å². The monoisotopic (exact) mass is 275 g/mol. The summed E-state index contributed by atoms with van der Waals surface area (Å²) in [5, 5.41) is 26.5. The highest BCUT2D eigenvalue weighted by Gasteiger charge is 2.16. The van der Waals surface area contributed by atoms with Gasteiger partial charge in [0.2, 0.25) is 11.6 Å².